The van der Waals surface area contributed by atoms with Gasteiger partial charge < -0.3 is 10.3 Å². The number of anilines is 1. The fraction of sp³-hybridized carbons (Fsp3) is 0.600. The largest absolute Gasteiger partial charge is 0.368 e. The summed E-state index contributed by atoms with van der Waals surface area (Å²) in [6.45, 7) is 6.09. The Morgan fingerprint density at radius 2 is 2.06 bits per heavy atom. The van der Waals surface area contributed by atoms with Gasteiger partial charge in [0.2, 0.25) is 11.8 Å². The molecule has 2 N–H and O–H groups in total. The number of nitrogens with two attached hydrogens (primary N) is 1. The third-order valence-electron chi connectivity index (χ3n) is 2.31. The van der Waals surface area contributed by atoms with Crippen LogP contribution in [0.25, 0.3) is 0 Å². The van der Waals surface area contributed by atoms with Crippen molar-refractivity contribution in [1.82, 2.24) is 24.9 Å². The molecule has 0 amide bonds. The van der Waals surface area contributed by atoms with Crippen molar-refractivity contribution in [3.05, 3.63) is 11.7 Å². The molecule has 0 fully saturated rings. The Hall–Kier alpha value is -1.57. The molecule has 0 spiro atoms. The van der Waals surface area contributed by atoms with Gasteiger partial charge in [-0.2, -0.15) is 4.98 Å². The summed E-state index contributed by atoms with van der Waals surface area (Å²) in [6.07, 6.45) is 0. The van der Waals surface area contributed by atoms with Gasteiger partial charge in [0.1, 0.15) is 0 Å². The Balaban J connectivity index is 2.03. The van der Waals surface area contributed by atoms with E-state index in [4.69, 9.17) is 10.3 Å². The van der Waals surface area contributed by atoms with Gasteiger partial charge in [-0.15, -0.1) is 10.2 Å². The molecule has 0 atom stereocenters. The standard InChI is InChI=1S/C10H16N6OS/c1-10(2,3)7-12-6(15-17-7)5-18-9-14-13-8(11)16(9)4/h5H2,1-4H3,(H2,11,13). The van der Waals surface area contributed by atoms with E-state index in [-0.39, 0.29) is 5.41 Å². The fourth-order valence-electron chi connectivity index (χ4n) is 1.20. The van der Waals surface area contributed by atoms with Crippen LogP contribution in [-0.2, 0) is 18.2 Å². The van der Waals surface area contributed by atoms with E-state index in [1.165, 1.54) is 11.8 Å². The summed E-state index contributed by atoms with van der Waals surface area (Å²) in [5.74, 6) is 2.24. The number of thioether (sulfide) groups is 1. The molecule has 7 nitrogen and oxygen atoms in total. The number of nitrogen functional groups attached to an aromatic ring is 1. The molecule has 2 aromatic heterocycles. The number of rotatable bonds is 3. The van der Waals surface area contributed by atoms with E-state index in [9.17, 15) is 0 Å². The minimum Gasteiger partial charge on any atom is -0.368 e. The first kappa shape index (κ1) is 12.9. The van der Waals surface area contributed by atoms with Gasteiger partial charge in [0, 0.05) is 12.5 Å². The normalized spacial score (nSPS) is 12.0. The summed E-state index contributed by atoms with van der Waals surface area (Å²) >= 11 is 1.47. The molecule has 0 saturated heterocycles. The first-order valence-electron chi connectivity index (χ1n) is 5.48. The van der Waals surface area contributed by atoms with Crippen LogP contribution in [0.1, 0.15) is 32.5 Å². The summed E-state index contributed by atoms with van der Waals surface area (Å²) < 4.78 is 6.93. The maximum Gasteiger partial charge on any atom is 0.232 e. The third kappa shape index (κ3) is 2.63. The molecular weight excluding hydrogens is 252 g/mol. The highest BCUT2D eigenvalue weighted by atomic mass is 32.2. The predicted molar refractivity (Wildman–Crippen MR) is 68.0 cm³/mol. The fourth-order valence-corrected chi connectivity index (χ4v) is 1.96. The molecule has 18 heavy (non-hydrogen) atoms. The first-order chi connectivity index (χ1) is 8.38. The highest BCUT2D eigenvalue weighted by Gasteiger charge is 2.21. The van der Waals surface area contributed by atoms with Crippen LogP contribution in [0.15, 0.2) is 9.68 Å². The van der Waals surface area contributed by atoms with Crippen molar-refractivity contribution in [1.29, 1.82) is 0 Å². The summed E-state index contributed by atoms with van der Waals surface area (Å²) in [6, 6.07) is 0. The van der Waals surface area contributed by atoms with E-state index in [0.717, 1.165) is 5.16 Å². The maximum absolute atomic E-state index is 5.60. The molecule has 0 aliphatic carbocycles. The predicted octanol–water partition coefficient (Wildman–Crippen LogP) is 1.37. The van der Waals surface area contributed by atoms with Crippen LogP contribution in [0.5, 0.6) is 0 Å². The Morgan fingerprint density at radius 3 is 2.56 bits per heavy atom. The minimum atomic E-state index is -0.134. The lowest BCUT2D eigenvalue weighted by Gasteiger charge is -2.10. The second-order valence-electron chi connectivity index (χ2n) is 4.95. The van der Waals surface area contributed by atoms with Crippen LogP contribution in [0.3, 0.4) is 0 Å². The maximum atomic E-state index is 5.60. The van der Waals surface area contributed by atoms with Gasteiger partial charge in [0.25, 0.3) is 0 Å². The second kappa shape index (κ2) is 4.60. The molecule has 8 heteroatoms. The Bertz CT molecular complexity index is 541. The SMILES string of the molecule is Cn1c(N)nnc1SCc1noc(C(C)(C)C)n1. The monoisotopic (exact) mass is 268 g/mol. The van der Waals surface area contributed by atoms with Crippen molar-refractivity contribution >= 4 is 17.7 Å². The summed E-state index contributed by atoms with van der Waals surface area (Å²) in [5, 5.41) is 12.4. The van der Waals surface area contributed by atoms with Crippen molar-refractivity contribution in [3.8, 4) is 0 Å². The highest BCUT2D eigenvalue weighted by molar-refractivity contribution is 7.98. The molecule has 2 rings (SSSR count). The molecule has 0 unspecified atom stereocenters. The molecule has 0 aromatic carbocycles. The molecule has 0 bridgehead atoms. The molecule has 0 radical (unpaired) electrons. The van der Waals surface area contributed by atoms with Crippen molar-refractivity contribution < 1.29 is 4.52 Å². The van der Waals surface area contributed by atoms with E-state index in [0.29, 0.717) is 23.4 Å². The topological polar surface area (TPSA) is 95.7 Å². The van der Waals surface area contributed by atoms with E-state index >= 15 is 0 Å². The van der Waals surface area contributed by atoms with Crippen molar-refractivity contribution in [3.63, 3.8) is 0 Å². The summed E-state index contributed by atoms with van der Waals surface area (Å²) in [5.41, 5.74) is 5.46. The zero-order valence-electron chi connectivity index (χ0n) is 10.8. The van der Waals surface area contributed by atoms with Crippen LogP contribution in [0, 0.1) is 0 Å². The lowest BCUT2D eigenvalue weighted by molar-refractivity contribution is 0.319. The van der Waals surface area contributed by atoms with Gasteiger partial charge in [-0.3, -0.25) is 4.57 Å². The molecule has 0 aliphatic heterocycles. The average molecular weight is 268 g/mol. The summed E-state index contributed by atoms with van der Waals surface area (Å²) in [4.78, 5) is 4.35. The quantitative estimate of drug-likeness (QED) is 0.840. The number of nitrogens with zero attached hydrogens (tertiary/aromatic N) is 5. The number of hydrogen-bond acceptors (Lipinski definition) is 7. The van der Waals surface area contributed by atoms with Gasteiger partial charge >= 0.3 is 0 Å². The lowest BCUT2D eigenvalue weighted by atomic mass is 9.97. The van der Waals surface area contributed by atoms with Gasteiger partial charge in [-0.05, 0) is 0 Å². The van der Waals surface area contributed by atoms with Crippen LogP contribution in [0.2, 0.25) is 0 Å². The van der Waals surface area contributed by atoms with Gasteiger partial charge in [0.15, 0.2) is 11.0 Å². The molecule has 0 saturated carbocycles. The molecular formula is C10H16N6OS. The minimum absolute atomic E-state index is 0.134. The van der Waals surface area contributed by atoms with Crippen LogP contribution in [-0.4, -0.2) is 24.9 Å². The highest BCUT2D eigenvalue weighted by Crippen LogP contribution is 2.23. The van der Waals surface area contributed by atoms with E-state index in [1.807, 2.05) is 27.8 Å². The smallest absolute Gasteiger partial charge is 0.232 e. The Morgan fingerprint density at radius 1 is 1.33 bits per heavy atom. The molecule has 98 valence electrons. The van der Waals surface area contributed by atoms with Crippen LogP contribution < -0.4 is 5.73 Å². The van der Waals surface area contributed by atoms with Crippen LogP contribution >= 0.6 is 11.8 Å². The van der Waals surface area contributed by atoms with Gasteiger partial charge in [-0.1, -0.05) is 37.7 Å². The van der Waals surface area contributed by atoms with Crippen molar-refractivity contribution in [2.45, 2.75) is 37.1 Å². The Labute approximate surface area is 109 Å². The van der Waals surface area contributed by atoms with Crippen molar-refractivity contribution in [2.24, 2.45) is 7.05 Å². The first-order valence-corrected chi connectivity index (χ1v) is 6.47. The number of hydrogen-bond donors (Lipinski definition) is 1. The second-order valence-corrected chi connectivity index (χ2v) is 5.90. The van der Waals surface area contributed by atoms with Crippen molar-refractivity contribution in [2.75, 3.05) is 5.73 Å². The molecule has 2 aromatic rings. The van der Waals surface area contributed by atoms with E-state index in [1.54, 1.807) is 4.57 Å². The zero-order valence-corrected chi connectivity index (χ0v) is 11.7. The lowest BCUT2D eigenvalue weighted by Crippen LogP contribution is -2.11. The van der Waals surface area contributed by atoms with Gasteiger partial charge in [-0.25, -0.2) is 0 Å². The molecule has 0 aliphatic rings. The van der Waals surface area contributed by atoms with E-state index in [2.05, 4.69) is 20.3 Å². The third-order valence-corrected chi connectivity index (χ3v) is 3.32. The van der Waals surface area contributed by atoms with Gasteiger partial charge in [0.05, 0.1) is 5.75 Å². The zero-order chi connectivity index (χ0) is 13.3. The Kier molecular flexibility index (Phi) is 3.29. The molecule has 2 heterocycles. The summed E-state index contributed by atoms with van der Waals surface area (Å²) in [7, 11) is 1.81. The number of aromatic nitrogens is 5. The van der Waals surface area contributed by atoms with E-state index < -0.39 is 0 Å². The average Bonchev–Trinajstić information content (AvgIpc) is 2.86. The van der Waals surface area contributed by atoms with Crippen LogP contribution in [0.4, 0.5) is 5.95 Å².